The minimum Gasteiger partial charge on any atom is -0.370 e. The summed E-state index contributed by atoms with van der Waals surface area (Å²) in [5, 5.41) is 3.06. The molecule has 2 N–H and O–H groups in total. The van der Waals surface area contributed by atoms with Gasteiger partial charge >= 0.3 is 0 Å². The first kappa shape index (κ1) is 21.8. The number of anilines is 1. The number of nitrogens with zero attached hydrogens (tertiary/aromatic N) is 2. The van der Waals surface area contributed by atoms with E-state index in [0.29, 0.717) is 26.2 Å². The maximum absolute atomic E-state index is 12.5. The first-order valence-corrected chi connectivity index (χ1v) is 10.8. The summed E-state index contributed by atoms with van der Waals surface area (Å²) in [5.74, 6) is 0.156. The highest BCUT2D eigenvalue weighted by atomic mass is 16.2. The highest BCUT2D eigenvalue weighted by Gasteiger charge is 2.25. The van der Waals surface area contributed by atoms with Crippen LogP contribution in [0.4, 0.5) is 5.69 Å². The fraction of sp³-hybridized carbons (Fsp3) is 0.417. The maximum atomic E-state index is 12.5. The number of rotatable bonds is 8. The summed E-state index contributed by atoms with van der Waals surface area (Å²) in [6, 6.07) is 17.8. The van der Waals surface area contributed by atoms with Crippen LogP contribution in [0.3, 0.4) is 0 Å². The number of nitrogens with one attached hydrogen (secondary N) is 2. The van der Waals surface area contributed by atoms with Crippen molar-refractivity contribution in [1.82, 2.24) is 10.2 Å². The zero-order valence-electron chi connectivity index (χ0n) is 18.1. The third-order valence-corrected chi connectivity index (χ3v) is 5.64. The minimum atomic E-state index is 0.0770. The fourth-order valence-electron chi connectivity index (χ4n) is 3.88. The number of carbonyl (C=O) groups is 2. The van der Waals surface area contributed by atoms with Crippen LogP contribution < -0.4 is 15.1 Å². The number of piperazine rings is 1. The van der Waals surface area contributed by atoms with Crippen molar-refractivity contribution in [3.63, 3.8) is 0 Å². The van der Waals surface area contributed by atoms with Gasteiger partial charge in [0, 0.05) is 30.9 Å². The van der Waals surface area contributed by atoms with E-state index in [2.05, 4.69) is 48.3 Å². The minimum absolute atomic E-state index is 0.0770. The molecule has 6 heteroatoms. The predicted octanol–water partition coefficient (Wildman–Crippen LogP) is 0.978. The summed E-state index contributed by atoms with van der Waals surface area (Å²) in [7, 11) is 0. The van der Waals surface area contributed by atoms with Crippen LogP contribution in [0.5, 0.6) is 0 Å². The molecule has 0 unspecified atom stereocenters. The zero-order chi connectivity index (χ0) is 21.3. The molecule has 3 rings (SSSR count). The molecule has 1 aliphatic heterocycles. The lowest BCUT2D eigenvalue weighted by molar-refractivity contribution is -0.896. The van der Waals surface area contributed by atoms with Crippen LogP contribution in [0.2, 0.25) is 0 Å². The van der Waals surface area contributed by atoms with Gasteiger partial charge in [0.25, 0.3) is 11.8 Å². The third kappa shape index (κ3) is 6.07. The smallest absolute Gasteiger partial charge is 0.275 e. The standard InChI is InChI=1S/C24H32N4O2/c1-3-27(22-11-7-8-20(2)18-22)13-12-25-23(29)19-26-14-16-28(17-15-26)24(30)21-9-5-4-6-10-21/h4-11,18H,3,12-17,19H2,1-2H3,(H,25,29)/p+1. The van der Waals surface area contributed by atoms with E-state index in [-0.39, 0.29) is 11.8 Å². The SMILES string of the molecule is CCN(CCNC(=O)C[NH+]1CCN(C(=O)c2ccccc2)CC1)c1cccc(C)c1. The lowest BCUT2D eigenvalue weighted by Crippen LogP contribution is -3.15. The number of hydrogen-bond donors (Lipinski definition) is 2. The Labute approximate surface area is 179 Å². The van der Waals surface area contributed by atoms with Crippen LogP contribution in [0.25, 0.3) is 0 Å². The molecule has 30 heavy (non-hydrogen) atoms. The molecule has 0 spiro atoms. The quantitative estimate of drug-likeness (QED) is 0.683. The molecule has 0 aromatic heterocycles. The Morgan fingerprint density at radius 1 is 1.07 bits per heavy atom. The number of quaternary nitrogens is 1. The maximum Gasteiger partial charge on any atom is 0.275 e. The molecule has 1 aliphatic rings. The predicted molar refractivity (Wildman–Crippen MR) is 120 cm³/mol. The number of carbonyl (C=O) groups excluding carboxylic acids is 2. The third-order valence-electron chi connectivity index (χ3n) is 5.64. The van der Waals surface area contributed by atoms with Gasteiger partial charge in [-0.3, -0.25) is 9.59 Å². The average molecular weight is 410 g/mol. The summed E-state index contributed by atoms with van der Waals surface area (Å²) < 4.78 is 0. The summed E-state index contributed by atoms with van der Waals surface area (Å²) in [6.45, 7) is 9.99. The lowest BCUT2D eigenvalue weighted by atomic mass is 10.2. The van der Waals surface area contributed by atoms with E-state index in [0.717, 1.165) is 31.7 Å². The van der Waals surface area contributed by atoms with Gasteiger partial charge in [-0.25, -0.2) is 0 Å². The molecule has 2 amide bonds. The highest BCUT2D eigenvalue weighted by Crippen LogP contribution is 2.14. The van der Waals surface area contributed by atoms with Gasteiger partial charge in [-0.2, -0.15) is 0 Å². The Morgan fingerprint density at radius 3 is 2.47 bits per heavy atom. The molecule has 2 aromatic carbocycles. The monoisotopic (exact) mass is 409 g/mol. The Morgan fingerprint density at radius 2 is 1.80 bits per heavy atom. The van der Waals surface area contributed by atoms with E-state index in [1.807, 2.05) is 35.2 Å². The number of likely N-dealkylation sites (N-methyl/N-ethyl adjacent to an activating group) is 1. The van der Waals surface area contributed by atoms with Gasteiger partial charge in [0.05, 0.1) is 26.2 Å². The summed E-state index contributed by atoms with van der Waals surface area (Å²) >= 11 is 0. The average Bonchev–Trinajstić information content (AvgIpc) is 2.77. The van der Waals surface area contributed by atoms with Gasteiger partial charge in [-0.1, -0.05) is 30.3 Å². The molecular formula is C24H33N4O2+. The molecule has 160 valence electrons. The van der Waals surface area contributed by atoms with E-state index in [1.165, 1.54) is 16.2 Å². The van der Waals surface area contributed by atoms with Crippen molar-refractivity contribution in [3.05, 3.63) is 65.7 Å². The molecule has 6 nitrogen and oxygen atoms in total. The van der Waals surface area contributed by atoms with Crippen molar-refractivity contribution in [2.24, 2.45) is 0 Å². The van der Waals surface area contributed by atoms with Crippen molar-refractivity contribution in [1.29, 1.82) is 0 Å². The van der Waals surface area contributed by atoms with Crippen LogP contribution in [0, 0.1) is 6.92 Å². The second-order valence-corrected chi connectivity index (χ2v) is 7.85. The summed E-state index contributed by atoms with van der Waals surface area (Å²) in [4.78, 5) is 30.3. The van der Waals surface area contributed by atoms with Crippen LogP contribution in [-0.4, -0.2) is 69.1 Å². The number of amides is 2. The van der Waals surface area contributed by atoms with Gasteiger partial charge in [-0.15, -0.1) is 0 Å². The molecule has 0 aliphatic carbocycles. The van der Waals surface area contributed by atoms with E-state index in [9.17, 15) is 9.59 Å². The first-order chi connectivity index (χ1) is 14.6. The Kier molecular flexibility index (Phi) is 7.85. The molecule has 1 fully saturated rings. The van der Waals surface area contributed by atoms with Crippen LogP contribution in [0.15, 0.2) is 54.6 Å². The molecule has 0 radical (unpaired) electrons. The van der Waals surface area contributed by atoms with Crippen molar-refractivity contribution in [3.8, 4) is 0 Å². The van der Waals surface area contributed by atoms with Crippen molar-refractivity contribution < 1.29 is 14.5 Å². The molecule has 1 saturated heterocycles. The molecule has 0 atom stereocenters. The second-order valence-electron chi connectivity index (χ2n) is 7.85. The molecular weight excluding hydrogens is 376 g/mol. The molecule has 0 bridgehead atoms. The topological polar surface area (TPSA) is 57.1 Å². The number of hydrogen-bond acceptors (Lipinski definition) is 3. The van der Waals surface area contributed by atoms with Crippen LogP contribution in [-0.2, 0) is 4.79 Å². The molecule has 1 heterocycles. The van der Waals surface area contributed by atoms with E-state index < -0.39 is 0 Å². The first-order valence-electron chi connectivity index (χ1n) is 10.8. The highest BCUT2D eigenvalue weighted by molar-refractivity contribution is 5.94. The number of aryl methyl sites for hydroxylation is 1. The Hall–Kier alpha value is -2.86. The van der Waals surface area contributed by atoms with E-state index >= 15 is 0 Å². The van der Waals surface area contributed by atoms with Gasteiger partial charge < -0.3 is 20.0 Å². The van der Waals surface area contributed by atoms with Gasteiger partial charge in [0.1, 0.15) is 0 Å². The normalized spacial score (nSPS) is 14.4. The van der Waals surface area contributed by atoms with Crippen LogP contribution >= 0.6 is 0 Å². The molecule has 0 saturated carbocycles. The van der Waals surface area contributed by atoms with Gasteiger partial charge in [-0.05, 0) is 43.7 Å². The summed E-state index contributed by atoms with van der Waals surface area (Å²) in [5.41, 5.74) is 3.16. The second kappa shape index (κ2) is 10.8. The van der Waals surface area contributed by atoms with Gasteiger partial charge in [0.2, 0.25) is 0 Å². The fourth-order valence-corrected chi connectivity index (χ4v) is 3.88. The van der Waals surface area contributed by atoms with Crippen molar-refractivity contribution in [2.75, 3.05) is 57.3 Å². The van der Waals surface area contributed by atoms with Crippen molar-refractivity contribution in [2.45, 2.75) is 13.8 Å². The largest absolute Gasteiger partial charge is 0.370 e. The number of benzene rings is 2. The van der Waals surface area contributed by atoms with E-state index in [1.54, 1.807) is 0 Å². The van der Waals surface area contributed by atoms with Gasteiger partial charge in [0.15, 0.2) is 6.54 Å². The Bertz CT molecular complexity index is 832. The Balaban J connectivity index is 1.38. The lowest BCUT2D eigenvalue weighted by Gasteiger charge is -2.32. The van der Waals surface area contributed by atoms with Crippen LogP contribution in [0.1, 0.15) is 22.8 Å². The summed E-state index contributed by atoms with van der Waals surface area (Å²) in [6.07, 6.45) is 0. The zero-order valence-corrected chi connectivity index (χ0v) is 18.1. The van der Waals surface area contributed by atoms with E-state index in [4.69, 9.17) is 0 Å². The molecule has 2 aromatic rings. The van der Waals surface area contributed by atoms with Crippen molar-refractivity contribution >= 4 is 17.5 Å².